The van der Waals surface area contributed by atoms with Crippen molar-refractivity contribution in [3.8, 4) is 0 Å². The zero-order valence-corrected chi connectivity index (χ0v) is 11.8. The quantitative estimate of drug-likeness (QED) is 0.837. The van der Waals surface area contributed by atoms with Crippen molar-refractivity contribution in [2.75, 3.05) is 13.6 Å². The maximum Gasteiger partial charge on any atom is 0.264 e. The van der Waals surface area contributed by atoms with E-state index in [0.29, 0.717) is 4.47 Å². The first-order chi connectivity index (χ1) is 7.15. The lowest BCUT2D eigenvalue weighted by Crippen LogP contribution is -2.20. The molecule has 15 heavy (non-hydrogen) atoms. The van der Waals surface area contributed by atoms with Crippen LogP contribution < -0.4 is 10.9 Å². The van der Waals surface area contributed by atoms with Gasteiger partial charge in [-0.2, -0.15) is 0 Å². The number of halogens is 2. The summed E-state index contributed by atoms with van der Waals surface area (Å²) >= 11 is 6.61. The third-order valence-corrected chi connectivity index (χ3v) is 3.09. The lowest BCUT2D eigenvalue weighted by Gasteiger charge is -2.06. The van der Waals surface area contributed by atoms with E-state index in [2.05, 4.69) is 37.2 Å². The Kier molecular flexibility index (Phi) is 5.56. The molecule has 0 saturated carbocycles. The number of rotatable bonds is 5. The number of hydrogen-bond donors (Lipinski definition) is 1. The molecule has 0 fully saturated rings. The highest BCUT2D eigenvalue weighted by molar-refractivity contribution is 9.11. The summed E-state index contributed by atoms with van der Waals surface area (Å²) in [4.78, 5) is 11.7. The van der Waals surface area contributed by atoms with Crippen LogP contribution in [0.4, 0.5) is 0 Å². The molecular formula is C10H14Br2N2O. The summed E-state index contributed by atoms with van der Waals surface area (Å²) in [6.45, 7) is 1.75. The van der Waals surface area contributed by atoms with Crippen LogP contribution in [0.1, 0.15) is 12.8 Å². The number of pyridine rings is 1. The molecule has 0 bridgehead atoms. The molecule has 0 atom stereocenters. The van der Waals surface area contributed by atoms with Crippen molar-refractivity contribution in [1.82, 2.24) is 9.88 Å². The van der Waals surface area contributed by atoms with E-state index in [-0.39, 0.29) is 5.56 Å². The zero-order valence-electron chi connectivity index (χ0n) is 8.59. The molecule has 1 heterocycles. The van der Waals surface area contributed by atoms with Crippen molar-refractivity contribution >= 4 is 31.9 Å². The normalized spacial score (nSPS) is 10.6. The Morgan fingerprint density at radius 3 is 2.80 bits per heavy atom. The minimum atomic E-state index is 0.0302. The van der Waals surface area contributed by atoms with Crippen LogP contribution in [0.2, 0.25) is 0 Å². The molecule has 0 aliphatic heterocycles. The van der Waals surface area contributed by atoms with Gasteiger partial charge in [-0.05, 0) is 64.4 Å². The van der Waals surface area contributed by atoms with Crippen molar-refractivity contribution in [3.05, 3.63) is 31.6 Å². The smallest absolute Gasteiger partial charge is 0.264 e. The highest BCUT2D eigenvalue weighted by Gasteiger charge is 2.02. The van der Waals surface area contributed by atoms with E-state index in [0.717, 1.165) is 30.4 Å². The summed E-state index contributed by atoms with van der Waals surface area (Å²) < 4.78 is 3.25. The number of aromatic nitrogens is 1. The minimum absolute atomic E-state index is 0.0302. The van der Waals surface area contributed by atoms with E-state index in [1.54, 1.807) is 10.6 Å². The van der Waals surface area contributed by atoms with E-state index in [9.17, 15) is 4.79 Å². The van der Waals surface area contributed by atoms with Gasteiger partial charge >= 0.3 is 0 Å². The van der Waals surface area contributed by atoms with Gasteiger partial charge in [-0.3, -0.25) is 4.79 Å². The van der Waals surface area contributed by atoms with Gasteiger partial charge in [-0.15, -0.1) is 0 Å². The fourth-order valence-corrected chi connectivity index (χ4v) is 2.57. The fraction of sp³-hybridized carbons (Fsp3) is 0.500. The predicted octanol–water partition coefficient (Wildman–Crippen LogP) is 2.37. The van der Waals surface area contributed by atoms with Crippen molar-refractivity contribution in [1.29, 1.82) is 0 Å². The topological polar surface area (TPSA) is 34.0 Å². The van der Waals surface area contributed by atoms with Gasteiger partial charge in [0.15, 0.2) is 0 Å². The van der Waals surface area contributed by atoms with Crippen LogP contribution in [0.15, 0.2) is 26.0 Å². The van der Waals surface area contributed by atoms with E-state index in [1.807, 2.05) is 13.2 Å². The zero-order chi connectivity index (χ0) is 11.3. The van der Waals surface area contributed by atoms with Gasteiger partial charge in [-0.25, -0.2) is 0 Å². The van der Waals surface area contributed by atoms with Crippen molar-refractivity contribution in [2.45, 2.75) is 19.4 Å². The summed E-state index contributed by atoms with van der Waals surface area (Å²) in [6, 6.07) is 1.77. The molecule has 0 aliphatic rings. The van der Waals surface area contributed by atoms with Crippen LogP contribution in [0.25, 0.3) is 0 Å². The van der Waals surface area contributed by atoms with Crippen LogP contribution in [0.5, 0.6) is 0 Å². The Bertz CT molecular complexity index is 376. The second-order valence-corrected chi connectivity index (χ2v) is 5.09. The molecule has 0 unspecified atom stereocenters. The molecule has 1 rings (SSSR count). The van der Waals surface area contributed by atoms with Gasteiger partial charge in [0.05, 0.1) is 4.47 Å². The molecule has 1 N–H and O–H groups in total. The Morgan fingerprint density at radius 2 is 2.13 bits per heavy atom. The van der Waals surface area contributed by atoms with Gasteiger partial charge in [0.25, 0.3) is 5.56 Å². The van der Waals surface area contributed by atoms with Gasteiger partial charge in [0, 0.05) is 17.2 Å². The lowest BCUT2D eigenvalue weighted by atomic mass is 10.3. The highest BCUT2D eigenvalue weighted by atomic mass is 79.9. The molecule has 5 heteroatoms. The Hall–Kier alpha value is -0.130. The number of nitrogens with one attached hydrogen (secondary N) is 1. The third-order valence-electron chi connectivity index (χ3n) is 2.08. The SMILES string of the molecule is CNCCCCn1cc(Br)cc(Br)c1=O. The molecule has 1 aromatic rings. The molecule has 0 aliphatic carbocycles. The summed E-state index contributed by atoms with van der Waals surface area (Å²) in [5.41, 5.74) is 0.0302. The number of unbranched alkanes of at least 4 members (excludes halogenated alkanes) is 1. The summed E-state index contributed by atoms with van der Waals surface area (Å²) in [7, 11) is 1.93. The predicted molar refractivity (Wildman–Crippen MR) is 69.3 cm³/mol. The second kappa shape index (κ2) is 6.45. The monoisotopic (exact) mass is 336 g/mol. The van der Waals surface area contributed by atoms with Crippen molar-refractivity contribution in [2.24, 2.45) is 0 Å². The molecular weight excluding hydrogens is 324 g/mol. The van der Waals surface area contributed by atoms with E-state index >= 15 is 0 Å². The molecule has 84 valence electrons. The summed E-state index contributed by atoms with van der Waals surface area (Å²) in [5.74, 6) is 0. The average Bonchev–Trinajstić information content (AvgIpc) is 2.19. The highest BCUT2D eigenvalue weighted by Crippen LogP contribution is 2.12. The molecule has 0 radical (unpaired) electrons. The first-order valence-corrected chi connectivity index (χ1v) is 6.44. The summed E-state index contributed by atoms with van der Waals surface area (Å²) in [6.07, 6.45) is 3.91. The molecule has 0 amide bonds. The first-order valence-electron chi connectivity index (χ1n) is 4.85. The summed E-state index contributed by atoms with van der Waals surface area (Å²) in [5, 5.41) is 3.09. The van der Waals surface area contributed by atoms with Crippen LogP contribution in [-0.2, 0) is 6.54 Å². The van der Waals surface area contributed by atoms with E-state index in [4.69, 9.17) is 0 Å². The van der Waals surface area contributed by atoms with Crippen LogP contribution in [0, 0.1) is 0 Å². The maximum atomic E-state index is 11.7. The molecule has 0 saturated heterocycles. The fourth-order valence-electron chi connectivity index (χ4n) is 1.31. The Balaban J connectivity index is 2.64. The standard InChI is InChI=1S/C10H14Br2N2O/c1-13-4-2-3-5-14-7-8(11)6-9(12)10(14)15/h6-7,13H,2-5H2,1H3. The van der Waals surface area contributed by atoms with Crippen LogP contribution in [0.3, 0.4) is 0 Å². The molecule has 0 spiro atoms. The molecule has 0 aromatic carbocycles. The Labute approximate surface area is 106 Å². The minimum Gasteiger partial charge on any atom is -0.320 e. The average molecular weight is 338 g/mol. The number of hydrogen-bond acceptors (Lipinski definition) is 2. The molecule has 3 nitrogen and oxygen atoms in total. The Morgan fingerprint density at radius 1 is 1.40 bits per heavy atom. The third kappa shape index (κ3) is 4.09. The van der Waals surface area contributed by atoms with Crippen LogP contribution in [-0.4, -0.2) is 18.2 Å². The van der Waals surface area contributed by atoms with Gasteiger partial charge in [0.2, 0.25) is 0 Å². The van der Waals surface area contributed by atoms with Crippen molar-refractivity contribution < 1.29 is 0 Å². The maximum absolute atomic E-state index is 11.7. The largest absolute Gasteiger partial charge is 0.320 e. The van der Waals surface area contributed by atoms with E-state index < -0.39 is 0 Å². The number of aryl methyl sites for hydroxylation is 1. The second-order valence-electron chi connectivity index (χ2n) is 3.32. The van der Waals surface area contributed by atoms with Gasteiger partial charge < -0.3 is 9.88 Å². The van der Waals surface area contributed by atoms with Crippen molar-refractivity contribution in [3.63, 3.8) is 0 Å². The van der Waals surface area contributed by atoms with Crippen LogP contribution >= 0.6 is 31.9 Å². The van der Waals surface area contributed by atoms with Gasteiger partial charge in [0.1, 0.15) is 0 Å². The lowest BCUT2D eigenvalue weighted by molar-refractivity contribution is 0.576. The van der Waals surface area contributed by atoms with Gasteiger partial charge in [-0.1, -0.05) is 0 Å². The van der Waals surface area contributed by atoms with E-state index in [1.165, 1.54) is 0 Å². The number of nitrogens with zero attached hydrogens (tertiary/aromatic N) is 1. The molecule has 1 aromatic heterocycles. The first kappa shape index (κ1) is 12.9.